The molecule has 3 heteroatoms. The second kappa shape index (κ2) is 5.01. The maximum Gasteiger partial charge on any atom is 0.106 e. The molecule has 0 saturated carbocycles. The van der Waals surface area contributed by atoms with Crippen molar-refractivity contribution in [1.29, 1.82) is 0 Å². The van der Waals surface area contributed by atoms with E-state index < -0.39 is 0 Å². The summed E-state index contributed by atoms with van der Waals surface area (Å²) in [6.45, 7) is 6.44. The summed E-state index contributed by atoms with van der Waals surface area (Å²) in [5.41, 5.74) is 4.63. The Balaban J connectivity index is 1.95. The number of benzene rings is 1. The van der Waals surface area contributed by atoms with Gasteiger partial charge in [0.15, 0.2) is 0 Å². The van der Waals surface area contributed by atoms with Crippen LogP contribution in [0.3, 0.4) is 0 Å². The molecule has 0 aliphatic carbocycles. The first-order chi connectivity index (χ1) is 7.27. The van der Waals surface area contributed by atoms with Crippen molar-refractivity contribution in [1.82, 2.24) is 10.6 Å². The Morgan fingerprint density at radius 1 is 1.47 bits per heavy atom. The summed E-state index contributed by atoms with van der Waals surface area (Å²) in [4.78, 5) is 0. The second-order valence-electron chi connectivity index (χ2n) is 3.94. The Bertz CT molecular complexity index is 332. The van der Waals surface area contributed by atoms with Gasteiger partial charge < -0.3 is 0 Å². The highest BCUT2D eigenvalue weighted by Crippen LogP contribution is 2.15. The molecule has 1 unspecified atom stereocenters. The van der Waals surface area contributed by atoms with Crippen molar-refractivity contribution in [3.05, 3.63) is 34.9 Å². The van der Waals surface area contributed by atoms with Gasteiger partial charge in [0.1, 0.15) is 5.50 Å². The molecule has 2 N–H and O–H groups in total. The van der Waals surface area contributed by atoms with Crippen LogP contribution in [0.1, 0.15) is 16.7 Å². The van der Waals surface area contributed by atoms with Crippen molar-refractivity contribution in [2.75, 3.05) is 12.3 Å². The maximum absolute atomic E-state index is 3.52. The van der Waals surface area contributed by atoms with Crippen LogP contribution in [0.4, 0.5) is 0 Å². The van der Waals surface area contributed by atoms with E-state index in [1.165, 1.54) is 22.4 Å². The molecule has 0 radical (unpaired) electrons. The molecule has 2 nitrogen and oxygen atoms in total. The standard InChI is InChI=1S/C12H18N2S/c1-9-4-3-5-11(10(9)2)8-14-12-13-6-7-15-12/h3-5,12-14H,6-8H2,1-2H3. The molecule has 82 valence electrons. The SMILES string of the molecule is Cc1cccc(CNC2NCCS2)c1C. The molecule has 0 bridgehead atoms. The van der Waals surface area contributed by atoms with E-state index in [4.69, 9.17) is 0 Å². The van der Waals surface area contributed by atoms with Gasteiger partial charge in [-0.3, -0.25) is 10.6 Å². The van der Waals surface area contributed by atoms with Crippen LogP contribution in [0.25, 0.3) is 0 Å². The van der Waals surface area contributed by atoms with Crippen LogP contribution in [0.2, 0.25) is 0 Å². The number of hydrogen-bond acceptors (Lipinski definition) is 3. The molecule has 1 aromatic rings. The lowest BCUT2D eigenvalue weighted by Gasteiger charge is -2.14. The number of thioether (sulfide) groups is 1. The zero-order valence-corrected chi connectivity index (χ0v) is 10.2. The molecule has 1 saturated heterocycles. The Kier molecular flexibility index (Phi) is 3.67. The van der Waals surface area contributed by atoms with E-state index in [9.17, 15) is 0 Å². The lowest BCUT2D eigenvalue weighted by Crippen LogP contribution is -2.34. The number of rotatable bonds is 3. The normalized spacial score (nSPS) is 20.8. The molecule has 1 fully saturated rings. The lowest BCUT2D eigenvalue weighted by molar-refractivity contribution is 0.577. The number of nitrogens with one attached hydrogen (secondary N) is 2. The third-order valence-electron chi connectivity index (χ3n) is 2.91. The summed E-state index contributed by atoms with van der Waals surface area (Å²) in [5, 5.41) is 6.93. The molecule has 15 heavy (non-hydrogen) atoms. The second-order valence-corrected chi connectivity index (χ2v) is 5.16. The van der Waals surface area contributed by atoms with E-state index in [1.807, 2.05) is 11.8 Å². The molecule has 1 atom stereocenters. The van der Waals surface area contributed by atoms with Crippen LogP contribution in [0, 0.1) is 13.8 Å². The maximum atomic E-state index is 3.52. The van der Waals surface area contributed by atoms with Gasteiger partial charge in [0.25, 0.3) is 0 Å². The van der Waals surface area contributed by atoms with Crippen LogP contribution in [-0.4, -0.2) is 17.8 Å². The van der Waals surface area contributed by atoms with Crippen LogP contribution in [0.5, 0.6) is 0 Å². The fourth-order valence-electron chi connectivity index (χ4n) is 1.76. The van der Waals surface area contributed by atoms with Crippen LogP contribution < -0.4 is 10.6 Å². The fourth-order valence-corrected chi connectivity index (χ4v) is 2.67. The van der Waals surface area contributed by atoms with Gasteiger partial charge >= 0.3 is 0 Å². The quantitative estimate of drug-likeness (QED) is 0.818. The third kappa shape index (κ3) is 2.74. The third-order valence-corrected chi connectivity index (χ3v) is 4.02. The van der Waals surface area contributed by atoms with Crippen molar-refractivity contribution < 1.29 is 0 Å². The zero-order valence-electron chi connectivity index (χ0n) is 9.34. The van der Waals surface area contributed by atoms with Gasteiger partial charge in [-0.15, -0.1) is 11.8 Å². The minimum atomic E-state index is 0.435. The van der Waals surface area contributed by atoms with Crippen molar-refractivity contribution in [2.24, 2.45) is 0 Å². The first-order valence-electron chi connectivity index (χ1n) is 5.41. The Morgan fingerprint density at radius 3 is 3.07 bits per heavy atom. The molecule has 1 aromatic carbocycles. The van der Waals surface area contributed by atoms with E-state index in [-0.39, 0.29) is 0 Å². The molecular weight excluding hydrogens is 204 g/mol. The summed E-state index contributed by atoms with van der Waals surface area (Å²) < 4.78 is 0. The van der Waals surface area contributed by atoms with Crippen LogP contribution in [0.15, 0.2) is 18.2 Å². The highest BCUT2D eigenvalue weighted by molar-refractivity contribution is 8.00. The van der Waals surface area contributed by atoms with Gasteiger partial charge in [0.05, 0.1) is 0 Å². The monoisotopic (exact) mass is 222 g/mol. The average Bonchev–Trinajstić information content (AvgIpc) is 2.73. The first-order valence-corrected chi connectivity index (χ1v) is 6.46. The summed E-state index contributed by atoms with van der Waals surface area (Å²) in [7, 11) is 0. The van der Waals surface area contributed by atoms with E-state index >= 15 is 0 Å². The van der Waals surface area contributed by atoms with Gasteiger partial charge in [-0.05, 0) is 30.5 Å². The highest BCUT2D eigenvalue weighted by atomic mass is 32.2. The average molecular weight is 222 g/mol. The zero-order chi connectivity index (χ0) is 10.7. The topological polar surface area (TPSA) is 24.1 Å². The van der Waals surface area contributed by atoms with Crippen molar-refractivity contribution in [3.8, 4) is 0 Å². The molecule has 0 aromatic heterocycles. The smallest absolute Gasteiger partial charge is 0.106 e. The van der Waals surface area contributed by atoms with Gasteiger partial charge in [-0.2, -0.15) is 0 Å². The number of hydrogen-bond donors (Lipinski definition) is 2. The molecule has 1 aliphatic rings. The van der Waals surface area contributed by atoms with Crippen molar-refractivity contribution >= 4 is 11.8 Å². The molecule has 1 heterocycles. The predicted octanol–water partition coefficient (Wildman–Crippen LogP) is 2.01. The summed E-state index contributed by atoms with van der Waals surface area (Å²) >= 11 is 1.95. The fraction of sp³-hybridized carbons (Fsp3) is 0.500. The van der Waals surface area contributed by atoms with E-state index in [0.29, 0.717) is 5.50 Å². The van der Waals surface area contributed by atoms with Crippen LogP contribution in [-0.2, 0) is 6.54 Å². The Morgan fingerprint density at radius 2 is 2.33 bits per heavy atom. The molecule has 0 spiro atoms. The minimum Gasteiger partial charge on any atom is -0.293 e. The Hall–Kier alpha value is -0.510. The molecule has 1 aliphatic heterocycles. The molecular formula is C12H18N2S. The van der Waals surface area contributed by atoms with Gasteiger partial charge in [0, 0.05) is 18.8 Å². The van der Waals surface area contributed by atoms with Crippen molar-refractivity contribution in [3.63, 3.8) is 0 Å². The van der Waals surface area contributed by atoms with E-state index in [0.717, 1.165) is 13.1 Å². The lowest BCUT2D eigenvalue weighted by atomic mass is 10.0. The highest BCUT2D eigenvalue weighted by Gasteiger charge is 2.13. The Labute approximate surface area is 95.8 Å². The largest absolute Gasteiger partial charge is 0.293 e. The van der Waals surface area contributed by atoms with E-state index in [2.05, 4.69) is 42.7 Å². The minimum absolute atomic E-state index is 0.435. The first kappa shape index (κ1) is 11.0. The summed E-state index contributed by atoms with van der Waals surface area (Å²) in [6.07, 6.45) is 0. The van der Waals surface area contributed by atoms with E-state index in [1.54, 1.807) is 0 Å². The molecule has 2 rings (SSSR count). The van der Waals surface area contributed by atoms with Gasteiger partial charge in [-0.1, -0.05) is 18.2 Å². The van der Waals surface area contributed by atoms with Gasteiger partial charge in [0.2, 0.25) is 0 Å². The predicted molar refractivity (Wildman–Crippen MR) is 67.0 cm³/mol. The number of aryl methyl sites for hydroxylation is 1. The van der Waals surface area contributed by atoms with Crippen molar-refractivity contribution in [2.45, 2.75) is 25.9 Å². The summed E-state index contributed by atoms with van der Waals surface area (Å²) in [5.74, 6) is 1.21. The molecule has 0 amide bonds. The van der Waals surface area contributed by atoms with Gasteiger partial charge in [-0.25, -0.2) is 0 Å². The summed E-state index contributed by atoms with van der Waals surface area (Å²) in [6, 6.07) is 6.50. The van der Waals surface area contributed by atoms with Crippen LogP contribution >= 0.6 is 11.8 Å².